The van der Waals surface area contributed by atoms with Gasteiger partial charge < -0.3 is 10.1 Å². The number of thiophene rings is 1. The van der Waals surface area contributed by atoms with Crippen LogP contribution in [0.15, 0.2) is 11.4 Å². The van der Waals surface area contributed by atoms with E-state index in [1.165, 1.54) is 31.2 Å². The number of carbonyl (C=O) groups excluding carboxylic acids is 1. The van der Waals surface area contributed by atoms with E-state index in [-0.39, 0.29) is 11.9 Å². The molecule has 3 unspecified atom stereocenters. The number of hydrogen-bond acceptors (Lipinski definition) is 4. The molecule has 1 N–H and O–H groups in total. The topological polar surface area (TPSA) is 38.3 Å². The zero-order valence-corrected chi connectivity index (χ0v) is 13.6. The lowest BCUT2D eigenvalue weighted by atomic mass is 9.84. The Morgan fingerprint density at radius 3 is 3.14 bits per heavy atom. The zero-order valence-electron chi connectivity index (χ0n) is 12.8. The van der Waals surface area contributed by atoms with E-state index >= 15 is 0 Å². The second kappa shape index (κ2) is 6.93. The fourth-order valence-corrected chi connectivity index (χ4v) is 4.75. The molecule has 1 heterocycles. The molecule has 1 aromatic rings. The summed E-state index contributed by atoms with van der Waals surface area (Å²) < 4.78 is 5.20. The Morgan fingerprint density at radius 1 is 1.38 bits per heavy atom. The molecule has 3 rings (SSSR count). The highest BCUT2D eigenvalue weighted by atomic mass is 32.1. The van der Waals surface area contributed by atoms with Gasteiger partial charge in [-0.2, -0.15) is 0 Å². The van der Waals surface area contributed by atoms with Gasteiger partial charge in [-0.3, -0.25) is 4.79 Å². The lowest BCUT2D eigenvalue weighted by Gasteiger charge is -2.33. The van der Waals surface area contributed by atoms with E-state index in [1.54, 1.807) is 4.88 Å². The zero-order chi connectivity index (χ0) is 14.7. The molecule has 0 bridgehead atoms. The Hall–Kier alpha value is -0.870. The number of fused-ring (bicyclic) bond motifs is 1. The van der Waals surface area contributed by atoms with E-state index in [0.29, 0.717) is 18.7 Å². The van der Waals surface area contributed by atoms with Crippen molar-refractivity contribution in [2.45, 2.75) is 64.0 Å². The normalized spacial score (nSPS) is 28.9. The van der Waals surface area contributed by atoms with Crippen molar-refractivity contribution in [2.75, 3.05) is 6.61 Å². The van der Waals surface area contributed by atoms with Crippen molar-refractivity contribution in [1.29, 1.82) is 0 Å². The van der Waals surface area contributed by atoms with Crippen LogP contribution in [0.4, 0.5) is 0 Å². The van der Waals surface area contributed by atoms with Gasteiger partial charge in [0.25, 0.3) is 0 Å². The van der Waals surface area contributed by atoms with Crippen LogP contribution in [-0.4, -0.2) is 18.6 Å². The predicted molar refractivity (Wildman–Crippen MR) is 85.5 cm³/mol. The summed E-state index contributed by atoms with van der Waals surface area (Å²) in [6, 6.07) is 3.23. The lowest BCUT2D eigenvalue weighted by molar-refractivity contribution is -0.149. The molecule has 0 amide bonds. The second-order valence-corrected chi connectivity index (χ2v) is 7.22. The molecule has 0 spiro atoms. The fraction of sp³-hybridized carbons (Fsp3) is 0.706. The van der Waals surface area contributed by atoms with Crippen LogP contribution in [-0.2, 0) is 16.0 Å². The van der Waals surface area contributed by atoms with Crippen molar-refractivity contribution in [1.82, 2.24) is 5.32 Å². The van der Waals surface area contributed by atoms with Crippen LogP contribution in [0.5, 0.6) is 0 Å². The van der Waals surface area contributed by atoms with Gasteiger partial charge in [-0.1, -0.05) is 6.42 Å². The molecule has 3 atom stereocenters. The monoisotopic (exact) mass is 307 g/mol. The van der Waals surface area contributed by atoms with Gasteiger partial charge in [0.15, 0.2) is 0 Å². The summed E-state index contributed by atoms with van der Waals surface area (Å²) in [5.41, 5.74) is 1.50. The average molecular weight is 307 g/mol. The summed E-state index contributed by atoms with van der Waals surface area (Å²) in [5.74, 6) is 0.102. The molecular weight excluding hydrogens is 282 g/mol. The largest absolute Gasteiger partial charge is 0.466 e. The first-order valence-electron chi connectivity index (χ1n) is 8.27. The summed E-state index contributed by atoms with van der Waals surface area (Å²) in [6.07, 6.45) is 7.99. The van der Waals surface area contributed by atoms with Crippen molar-refractivity contribution < 1.29 is 9.53 Å². The summed E-state index contributed by atoms with van der Waals surface area (Å²) in [5, 5.41) is 6.04. The second-order valence-electron chi connectivity index (χ2n) is 6.22. The molecule has 2 aliphatic carbocycles. The number of rotatable bonds is 4. The molecule has 0 aromatic carbocycles. The SMILES string of the molecule is CCOC(=O)C1CCCC(NC2CCCc3sccc32)C1. The maximum Gasteiger partial charge on any atom is 0.308 e. The number of nitrogens with one attached hydrogen (secondary N) is 1. The molecule has 21 heavy (non-hydrogen) atoms. The van der Waals surface area contributed by atoms with Gasteiger partial charge >= 0.3 is 5.97 Å². The molecule has 1 aromatic heterocycles. The molecule has 1 fully saturated rings. The first-order valence-corrected chi connectivity index (χ1v) is 9.15. The van der Waals surface area contributed by atoms with Crippen LogP contribution in [0, 0.1) is 5.92 Å². The van der Waals surface area contributed by atoms with Crippen molar-refractivity contribution in [3.8, 4) is 0 Å². The minimum atomic E-state index is 0.00358. The predicted octanol–water partition coefficient (Wildman–Crippen LogP) is 3.84. The number of hydrogen-bond donors (Lipinski definition) is 1. The molecule has 3 nitrogen and oxygen atoms in total. The molecule has 2 aliphatic rings. The van der Waals surface area contributed by atoms with Gasteiger partial charge in [0.2, 0.25) is 0 Å². The highest BCUT2D eigenvalue weighted by Crippen LogP contribution is 2.35. The van der Waals surface area contributed by atoms with Gasteiger partial charge in [0, 0.05) is 17.0 Å². The van der Waals surface area contributed by atoms with Gasteiger partial charge in [-0.05, 0) is 62.5 Å². The Bertz CT molecular complexity index is 485. The summed E-state index contributed by atoms with van der Waals surface area (Å²) in [7, 11) is 0. The third-order valence-corrected chi connectivity index (χ3v) is 5.78. The van der Waals surface area contributed by atoms with Crippen LogP contribution in [0.3, 0.4) is 0 Å². The van der Waals surface area contributed by atoms with Gasteiger partial charge in [0.1, 0.15) is 0 Å². The van der Waals surface area contributed by atoms with E-state index in [0.717, 1.165) is 19.3 Å². The standard InChI is InChI=1S/C17H25NO2S/c1-2-20-17(19)12-5-3-6-13(11-12)18-15-7-4-8-16-14(15)9-10-21-16/h9-10,12-13,15,18H,2-8,11H2,1H3. The van der Waals surface area contributed by atoms with Crippen LogP contribution >= 0.6 is 11.3 Å². The van der Waals surface area contributed by atoms with Gasteiger partial charge in [0.05, 0.1) is 12.5 Å². The van der Waals surface area contributed by atoms with E-state index in [9.17, 15) is 4.79 Å². The minimum absolute atomic E-state index is 0.00358. The third-order valence-electron chi connectivity index (χ3n) is 4.78. The van der Waals surface area contributed by atoms with Crippen LogP contribution in [0.1, 0.15) is 61.9 Å². The lowest BCUT2D eigenvalue weighted by Crippen LogP contribution is -2.39. The first-order chi connectivity index (χ1) is 10.3. The quantitative estimate of drug-likeness (QED) is 0.859. The Morgan fingerprint density at radius 2 is 2.29 bits per heavy atom. The number of esters is 1. The fourth-order valence-electron chi connectivity index (χ4n) is 3.76. The first kappa shape index (κ1) is 15.0. The molecule has 1 saturated carbocycles. The van der Waals surface area contributed by atoms with Gasteiger partial charge in [-0.25, -0.2) is 0 Å². The number of carbonyl (C=O) groups is 1. The van der Waals surface area contributed by atoms with Crippen molar-refractivity contribution in [3.05, 3.63) is 21.9 Å². The summed E-state index contributed by atoms with van der Waals surface area (Å²) >= 11 is 1.89. The van der Waals surface area contributed by atoms with E-state index in [1.807, 2.05) is 18.3 Å². The Labute approximate surface area is 131 Å². The molecule has 116 valence electrons. The van der Waals surface area contributed by atoms with E-state index < -0.39 is 0 Å². The van der Waals surface area contributed by atoms with E-state index in [4.69, 9.17) is 4.74 Å². The Balaban J connectivity index is 1.60. The van der Waals surface area contributed by atoms with Crippen LogP contribution in [0.25, 0.3) is 0 Å². The molecular formula is C17H25NO2S. The number of aryl methyl sites for hydroxylation is 1. The number of ether oxygens (including phenoxy) is 1. The highest BCUT2D eigenvalue weighted by molar-refractivity contribution is 7.10. The molecule has 0 radical (unpaired) electrons. The van der Waals surface area contributed by atoms with Crippen molar-refractivity contribution >= 4 is 17.3 Å². The van der Waals surface area contributed by atoms with Crippen LogP contribution < -0.4 is 5.32 Å². The maximum absolute atomic E-state index is 11.9. The molecule has 0 saturated heterocycles. The molecule has 4 heteroatoms. The Kier molecular flexibility index (Phi) is 4.96. The third kappa shape index (κ3) is 3.49. The van der Waals surface area contributed by atoms with Crippen molar-refractivity contribution in [2.24, 2.45) is 5.92 Å². The van der Waals surface area contributed by atoms with E-state index in [2.05, 4.69) is 16.8 Å². The maximum atomic E-state index is 11.9. The van der Waals surface area contributed by atoms with Crippen molar-refractivity contribution in [3.63, 3.8) is 0 Å². The van der Waals surface area contributed by atoms with Gasteiger partial charge in [-0.15, -0.1) is 11.3 Å². The summed E-state index contributed by atoms with van der Waals surface area (Å²) in [4.78, 5) is 13.5. The minimum Gasteiger partial charge on any atom is -0.466 e. The highest BCUT2D eigenvalue weighted by Gasteiger charge is 2.30. The smallest absolute Gasteiger partial charge is 0.308 e. The average Bonchev–Trinajstić information content (AvgIpc) is 2.97. The summed E-state index contributed by atoms with van der Waals surface area (Å²) in [6.45, 7) is 2.38. The molecule has 0 aliphatic heterocycles. The van der Waals surface area contributed by atoms with Crippen LogP contribution in [0.2, 0.25) is 0 Å².